The molecular formula is C12H18ClN3O. The topological polar surface area (TPSA) is 60.2 Å². The van der Waals surface area contributed by atoms with Crippen LogP contribution in [0.5, 0.6) is 0 Å². The summed E-state index contributed by atoms with van der Waals surface area (Å²) in [6, 6.07) is 1.70. The quantitative estimate of drug-likeness (QED) is 0.869. The number of halogens is 1. The van der Waals surface area contributed by atoms with Gasteiger partial charge < -0.3 is 15.8 Å². The Bertz CT molecular complexity index is 367. The Hall–Kier alpha value is -1.00. The summed E-state index contributed by atoms with van der Waals surface area (Å²) in [4.78, 5) is 4.15. The van der Waals surface area contributed by atoms with Crippen molar-refractivity contribution in [1.82, 2.24) is 4.98 Å². The molecule has 1 atom stereocenters. The molecule has 94 valence electrons. The number of aromatic nitrogens is 1. The van der Waals surface area contributed by atoms with Gasteiger partial charge in [-0.3, -0.25) is 0 Å². The van der Waals surface area contributed by atoms with Crippen LogP contribution in [0.2, 0.25) is 5.02 Å². The second kappa shape index (κ2) is 6.07. The normalized spacial score (nSPS) is 20.2. The largest absolute Gasteiger partial charge is 0.397 e. The number of pyridine rings is 1. The molecule has 0 bridgehead atoms. The SMILES string of the molecule is Nc1cnc(NCCC2CCCCO2)c(Cl)c1. The van der Waals surface area contributed by atoms with Crippen molar-refractivity contribution in [2.24, 2.45) is 0 Å². The van der Waals surface area contributed by atoms with E-state index < -0.39 is 0 Å². The molecular weight excluding hydrogens is 238 g/mol. The van der Waals surface area contributed by atoms with Crippen molar-refractivity contribution >= 4 is 23.1 Å². The van der Waals surface area contributed by atoms with Gasteiger partial charge >= 0.3 is 0 Å². The molecule has 5 heteroatoms. The Balaban J connectivity index is 1.77. The third-order valence-corrected chi connectivity index (χ3v) is 3.18. The van der Waals surface area contributed by atoms with Crippen molar-refractivity contribution in [3.8, 4) is 0 Å². The molecule has 17 heavy (non-hydrogen) atoms. The molecule has 1 fully saturated rings. The van der Waals surface area contributed by atoms with Crippen LogP contribution in [-0.2, 0) is 4.74 Å². The average Bonchev–Trinajstić information content (AvgIpc) is 2.33. The molecule has 1 aromatic heterocycles. The zero-order chi connectivity index (χ0) is 12.1. The van der Waals surface area contributed by atoms with E-state index in [9.17, 15) is 0 Å². The van der Waals surface area contributed by atoms with Crippen molar-refractivity contribution in [2.75, 3.05) is 24.2 Å². The zero-order valence-corrected chi connectivity index (χ0v) is 10.5. The summed E-state index contributed by atoms with van der Waals surface area (Å²) in [5.74, 6) is 0.691. The molecule has 0 aromatic carbocycles. The maximum Gasteiger partial charge on any atom is 0.144 e. The summed E-state index contributed by atoms with van der Waals surface area (Å²) in [6.07, 6.45) is 6.59. The lowest BCUT2D eigenvalue weighted by Gasteiger charge is -2.22. The molecule has 1 aliphatic rings. The minimum atomic E-state index is 0.379. The van der Waals surface area contributed by atoms with Gasteiger partial charge in [0.25, 0.3) is 0 Å². The predicted octanol–water partition coefficient (Wildman–Crippen LogP) is 2.69. The average molecular weight is 256 g/mol. The van der Waals surface area contributed by atoms with Crippen LogP contribution in [0.3, 0.4) is 0 Å². The lowest BCUT2D eigenvalue weighted by molar-refractivity contribution is 0.0134. The molecule has 1 saturated heterocycles. The van der Waals surface area contributed by atoms with Crippen LogP contribution in [0.25, 0.3) is 0 Å². The summed E-state index contributed by atoms with van der Waals surface area (Å²) in [5, 5.41) is 3.77. The fraction of sp³-hybridized carbons (Fsp3) is 0.583. The molecule has 0 spiro atoms. The third kappa shape index (κ3) is 3.75. The fourth-order valence-electron chi connectivity index (χ4n) is 1.97. The molecule has 1 aromatic rings. The van der Waals surface area contributed by atoms with E-state index in [1.165, 1.54) is 12.8 Å². The maximum absolute atomic E-state index is 6.01. The minimum Gasteiger partial charge on any atom is -0.397 e. The number of rotatable bonds is 4. The molecule has 0 saturated carbocycles. The van der Waals surface area contributed by atoms with Gasteiger partial charge in [0, 0.05) is 13.2 Å². The van der Waals surface area contributed by atoms with Gasteiger partial charge in [0.2, 0.25) is 0 Å². The number of nitrogens with zero attached hydrogens (tertiary/aromatic N) is 1. The molecule has 0 radical (unpaired) electrons. The van der Waals surface area contributed by atoms with Crippen LogP contribution in [0.15, 0.2) is 12.3 Å². The summed E-state index contributed by atoms with van der Waals surface area (Å²) in [5.41, 5.74) is 6.16. The van der Waals surface area contributed by atoms with Crippen molar-refractivity contribution in [3.63, 3.8) is 0 Å². The summed E-state index contributed by atoms with van der Waals surface area (Å²) in [7, 11) is 0. The van der Waals surface area contributed by atoms with Gasteiger partial charge in [-0.15, -0.1) is 0 Å². The highest BCUT2D eigenvalue weighted by molar-refractivity contribution is 6.33. The Morgan fingerprint density at radius 2 is 2.41 bits per heavy atom. The number of nitrogens with two attached hydrogens (primary N) is 1. The molecule has 1 aliphatic heterocycles. The van der Waals surface area contributed by atoms with Gasteiger partial charge in [-0.1, -0.05) is 11.6 Å². The van der Waals surface area contributed by atoms with E-state index >= 15 is 0 Å². The van der Waals surface area contributed by atoms with Crippen molar-refractivity contribution in [2.45, 2.75) is 31.8 Å². The van der Waals surface area contributed by atoms with Crippen molar-refractivity contribution in [1.29, 1.82) is 0 Å². The molecule has 3 N–H and O–H groups in total. The predicted molar refractivity (Wildman–Crippen MR) is 70.4 cm³/mol. The van der Waals surface area contributed by atoms with Crippen LogP contribution in [0.4, 0.5) is 11.5 Å². The lowest BCUT2D eigenvalue weighted by atomic mass is 10.1. The van der Waals surface area contributed by atoms with Gasteiger partial charge in [-0.25, -0.2) is 4.98 Å². The van der Waals surface area contributed by atoms with E-state index in [-0.39, 0.29) is 0 Å². The van der Waals surface area contributed by atoms with Crippen LogP contribution < -0.4 is 11.1 Å². The lowest BCUT2D eigenvalue weighted by Crippen LogP contribution is -2.22. The Morgan fingerprint density at radius 3 is 3.12 bits per heavy atom. The summed E-state index contributed by atoms with van der Waals surface area (Å²) >= 11 is 6.01. The first-order valence-corrected chi connectivity index (χ1v) is 6.40. The molecule has 0 aliphatic carbocycles. The van der Waals surface area contributed by atoms with Gasteiger partial charge in [0.15, 0.2) is 0 Å². The molecule has 1 unspecified atom stereocenters. The maximum atomic E-state index is 6.01. The van der Waals surface area contributed by atoms with E-state index in [0.717, 1.165) is 26.0 Å². The number of ether oxygens (including phenoxy) is 1. The molecule has 4 nitrogen and oxygen atoms in total. The first-order valence-electron chi connectivity index (χ1n) is 6.02. The highest BCUT2D eigenvalue weighted by atomic mass is 35.5. The standard InChI is InChI=1S/C12H18ClN3O/c13-11-7-9(14)8-16-12(11)15-5-4-10-3-1-2-6-17-10/h7-8,10H,1-6,14H2,(H,15,16). The van der Waals surface area contributed by atoms with Crippen LogP contribution in [0.1, 0.15) is 25.7 Å². The third-order valence-electron chi connectivity index (χ3n) is 2.90. The second-order valence-corrected chi connectivity index (χ2v) is 4.71. The van der Waals surface area contributed by atoms with Crippen LogP contribution in [0, 0.1) is 0 Å². The molecule has 2 rings (SSSR count). The molecule has 2 heterocycles. The number of nitrogens with one attached hydrogen (secondary N) is 1. The Morgan fingerprint density at radius 1 is 1.53 bits per heavy atom. The number of hydrogen-bond donors (Lipinski definition) is 2. The first kappa shape index (κ1) is 12.5. The summed E-state index contributed by atoms with van der Waals surface area (Å²) < 4.78 is 5.65. The highest BCUT2D eigenvalue weighted by Gasteiger charge is 2.13. The monoisotopic (exact) mass is 255 g/mol. The molecule has 0 amide bonds. The van der Waals surface area contributed by atoms with Crippen molar-refractivity contribution < 1.29 is 4.74 Å². The Kier molecular flexibility index (Phi) is 4.45. The van der Waals surface area contributed by atoms with E-state index in [4.69, 9.17) is 22.1 Å². The van der Waals surface area contributed by atoms with E-state index in [1.807, 2.05) is 0 Å². The van der Waals surface area contributed by atoms with Crippen LogP contribution >= 0.6 is 11.6 Å². The smallest absolute Gasteiger partial charge is 0.144 e. The fourth-order valence-corrected chi connectivity index (χ4v) is 2.21. The zero-order valence-electron chi connectivity index (χ0n) is 9.79. The van der Waals surface area contributed by atoms with Gasteiger partial charge in [-0.05, 0) is 31.7 Å². The van der Waals surface area contributed by atoms with E-state index in [1.54, 1.807) is 12.3 Å². The number of nitrogen functional groups attached to an aromatic ring is 1. The Labute approximate surface area is 107 Å². The minimum absolute atomic E-state index is 0.379. The van der Waals surface area contributed by atoms with E-state index in [0.29, 0.717) is 22.6 Å². The van der Waals surface area contributed by atoms with Gasteiger partial charge in [0.05, 0.1) is 23.0 Å². The summed E-state index contributed by atoms with van der Waals surface area (Å²) in [6.45, 7) is 1.72. The van der Waals surface area contributed by atoms with Gasteiger partial charge in [0.1, 0.15) is 5.82 Å². The van der Waals surface area contributed by atoms with Gasteiger partial charge in [-0.2, -0.15) is 0 Å². The number of anilines is 2. The second-order valence-electron chi connectivity index (χ2n) is 4.30. The first-order chi connectivity index (χ1) is 8.25. The highest BCUT2D eigenvalue weighted by Crippen LogP contribution is 2.21. The van der Waals surface area contributed by atoms with Crippen molar-refractivity contribution in [3.05, 3.63) is 17.3 Å². The van der Waals surface area contributed by atoms with Crippen LogP contribution in [-0.4, -0.2) is 24.2 Å². The number of hydrogen-bond acceptors (Lipinski definition) is 4. The van der Waals surface area contributed by atoms with E-state index in [2.05, 4.69) is 10.3 Å².